The Hall–Kier alpha value is -5.99. The fourth-order valence-corrected chi connectivity index (χ4v) is 8.76. The SMILES string of the molecule is CCCN(CCOP(=O)(N[C@@H](C)C(=O)OCc1ccccc1)Oc1ccccc1)C(=O)C1=Cc2ccc(C3(C(=O)NC(=O)c4cnc5c(c4)CNCC5)CC3)cc2N=C(N)C1. The summed E-state index contributed by atoms with van der Waals surface area (Å²) in [4.78, 5) is 64.5. The lowest BCUT2D eigenvalue weighted by molar-refractivity contribution is -0.146. The van der Waals surface area contributed by atoms with E-state index >= 15 is 0 Å². The first-order valence-corrected chi connectivity index (χ1v) is 22.0. The summed E-state index contributed by atoms with van der Waals surface area (Å²) >= 11 is 0. The number of nitrogens with zero attached hydrogens (tertiary/aromatic N) is 3. The van der Waals surface area contributed by atoms with Gasteiger partial charge in [-0.05, 0) is 73.2 Å². The van der Waals surface area contributed by atoms with Crippen molar-refractivity contribution in [1.29, 1.82) is 0 Å². The summed E-state index contributed by atoms with van der Waals surface area (Å²) in [6, 6.07) is 23.8. The molecule has 61 heavy (non-hydrogen) atoms. The first-order valence-electron chi connectivity index (χ1n) is 20.4. The third kappa shape index (κ3) is 10.7. The van der Waals surface area contributed by atoms with Gasteiger partial charge in [-0.2, -0.15) is 5.09 Å². The van der Waals surface area contributed by atoms with Gasteiger partial charge in [0.1, 0.15) is 24.2 Å². The Morgan fingerprint density at radius 3 is 2.49 bits per heavy atom. The van der Waals surface area contributed by atoms with Gasteiger partial charge < -0.3 is 25.2 Å². The average molecular weight is 848 g/mol. The van der Waals surface area contributed by atoms with Gasteiger partial charge in [-0.15, -0.1) is 0 Å². The minimum absolute atomic E-state index is 0.0361. The number of amidine groups is 1. The number of carbonyl (C=O) groups is 4. The van der Waals surface area contributed by atoms with Crippen LogP contribution >= 0.6 is 7.75 Å². The predicted molar refractivity (Wildman–Crippen MR) is 230 cm³/mol. The maximum atomic E-state index is 14.2. The Morgan fingerprint density at radius 1 is 1.00 bits per heavy atom. The highest BCUT2D eigenvalue weighted by Gasteiger charge is 2.52. The van der Waals surface area contributed by atoms with Gasteiger partial charge in [-0.3, -0.25) is 34.0 Å². The highest BCUT2D eigenvalue weighted by Crippen LogP contribution is 2.50. The van der Waals surface area contributed by atoms with Crippen LogP contribution in [0.5, 0.6) is 5.75 Å². The molecular formula is C45H50N7O8P. The van der Waals surface area contributed by atoms with Gasteiger partial charge in [0.05, 0.1) is 23.3 Å². The number of aliphatic imine (C=N–C) groups is 1. The highest BCUT2D eigenvalue weighted by molar-refractivity contribution is 7.52. The number of pyridine rings is 1. The Kier molecular flexibility index (Phi) is 13.5. The van der Waals surface area contributed by atoms with Crippen LogP contribution in [0.15, 0.2) is 102 Å². The van der Waals surface area contributed by atoms with Gasteiger partial charge in [0.15, 0.2) is 0 Å². The van der Waals surface area contributed by atoms with E-state index in [1.807, 2.05) is 43.3 Å². The largest absolute Gasteiger partial charge is 0.460 e. The number of benzene rings is 3. The fourth-order valence-electron chi connectivity index (χ4n) is 7.28. The summed E-state index contributed by atoms with van der Waals surface area (Å²) in [5.74, 6) is -1.39. The molecular weight excluding hydrogens is 798 g/mol. The van der Waals surface area contributed by atoms with E-state index in [9.17, 15) is 23.7 Å². The fraction of sp³-hybridized carbons (Fsp3) is 0.333. The van der Waals surface area contributed by atoms with Crippen molar-refractivity contribution in [3.8, 4) is 5.75 Å². The van der Waals surface area contributed by atoms with E-state index in [-0.39, 0.29) is 43.7 Å². The van der Waals surface area contributed by atoms with Crippen LogP contribution in [0.3, 0.4) is 0 Å². The lowest BCUT2D eigenvalue weighted by Crippen LogP contribution is -2.39. The molecule has 1 aromatic heterocycles. The molecule has 318 valence electrons. The highest BCUT2D eigenvalue weighted by atomic mass is 31.2. The van der Waals surface area contributed by atoms with Gasteiger partial charge in [-0.1, -0.05) is 67.6 Å². The van der Waals surface area contributed by atoms with Crippen LogP contribution in [0.2, 0.25) is 0 Å². The van der Waals surface area contributed by atoms with E-state index in [0.717, 1.165) is 29.8 Å². The molecule has 2 atom stereocenters. The van der Waals surface area contributed by atoms with Crippen molar-refractivity contribution in [2.45, 2.75) is 70.6 Å². The second-order valence-corrected chi connectivity index (χ2v) is 17.0. The van der Waals surface area contributed by atoms with Crippen molar-refractivity contribution >= 4 is 49.0 Å². The Bertz CT molecular complexity index is 2390. The molecule has 3 amide bonds. The summed E-state index contributed by atoms with van der Waals surface area (Å²) in [5, 5.41) is 8.56. The van der Waals surface area contributed by atoms with Crippen LogP contribution in [0.1, 0.15) is 77.8 Å². The van der Waals surface area contributed by atoms with Crippen LogP contribution in [-0.2, 0) is 53.2 Å². The molecule has 0 saturated heterocycles. The molecule has 1 saturated carbocycles. The molecule has 3 aliphatic rings. The van der Waals surface area contributed by atoms with E-state index in [4.69, 9.17) is 19.5 Å². The second-order valence-electron chi connectivity index (χ2n) is 15.3. The molecule has 1 unspecified atom stereocenters. The third-order valence-electron chi connectivity index (χ3n) is 10.7. The number of hydrogen-bond donors (Lipinski definition) is 4. The van der Waals surface area contributed by atoms with E-state index in [1.165, 1.54) is 13.1 Å². The normalized spacial score (nSPS) is 16.5. The molecule has 1 fully saturated rings. The summed E-state index contributed by atoms with van der Waals surface area (Å²) in [6.07, 6.45) is 5.83. The molecule has 5 N–H and O–H groups in total. The first kappa shape index (κ1) is 43.1. The Balaban J connectivity index is 1.01. The zero-order chi connectivity index (χ0) is 43.0. The topological polar surface area (TPSA) is 204 Å². The van der Waals surface area contributed by atoms with Crippen molar-refractivity contribution in [2.75, 3.05) is 26.2 Å². The molecule has 3 aromatic carbocycles. The molecule has 1 aliphatic carbocycles. The monoisotopic (exact) mass is 847 g/mol. The third-order valence-corrected chi connectivity index (χ3v) is 12.4. The van der Waals surface area contributed by atoms with Gasteiger partial charge in [0.2, 0.25) is 11.8 Å². The number of aromatic nitrogens is 1. The number of carbonyl (C=O) groups excluding carboxylic acids is 4. The Labute approximate surface area is 354 Å². The lowest BCUT2D eigenvalue weighted by Gasteiger charge is -2.26. The molecule has 0 bridgehead atoms. The summed E-state index contributed by atoms with van der Waals surface area (Å²) in [7, 11) is -4.19. The van der Waals surface area contributed by atoms with E-state index in [0.29, 0.717) is 60.3 Å². The second kappa shape index (κ2) is 19.2. The number of fused-ring (bicyclic) bond motifs is 2. The quantitative estimate of drug-likeness (QED) is 0.0578. The van der Waals surface area contributed by atoms with Gasteiger partial charge in [-0.25, -0.2) is 9.56 Å². The number of para-hydroxylation sites is 1. The van der Waals surface area contributed by atoms with Gasteiger partial charge >= 0.3 is 13.7 Å². The van der Waals surface area contributed by atoms with Crippen molar-refractivity contribution in [3.05, 3.63) is 130 Å². The average Bonchev–Trinajstić information content (AvgIpc) is 4.10. The van der Waals surface area contributed by atoms with Crippen molar-refractivity contribution < 1.29 is 37.5 Å². The molecule has 0 radical (unpaired) electrons. The van der Waals surface area contributed by atoms with Crippen LogP contribution in [0, 0.1) is 0 Å². The number of nitrogens with two attached hydrogens (primary N) is 1. The van der Waals surface area contributed by atoms with Gasteiger partial charge in [0, 0.05) is 62.0 Å². The van der Waals surface area contributed by atoms with Crippen molar-refractivity contribution in [1.82, 2.24) is 25.6 Å². The minimum Gasteiger partial charge on any atom is -0.460 e. The molecule has 2 aliphatic heterocycles. The standard InChI is InChI=1S/C45H50N7O8P/c1-3-20-52(21-22-59-61(57,60-37-12-8-5-9-13-37)51-30(2)43(55)58-29-31-10-6-4-7-11-31)42(54)33-23-32-14-15-36(26-39(32)49-40(46)25-33)45(17-18-45)44(56)50-41(53)35-24-34-27-47-19-16-38(34)48-28-35/h4-15,23-24,26,28,30,47H,3,16-22,25,27,29H2,1-2H3,(H2,46,49)(H,51,57)(H,50,53,56)/t30-,61?/m0/s1. The number of esters is 1. The molecule has 16 heteroatoms. The molecule has 15 nitrogen and oxygen atoms in total. The molecule has 4 aromatic rings. The summed E-state index contributed by atoms with van der Waals surface area (Å²) in [6.45, 7) is 5.12. The van der Waals surface area contributed by atoms with Crippen LogP contribution in [0.4, 0.5) is 5.69 Å². The smallest absolute Gasteiger partial charge is 0.459 e. The molecule has 7 rings (SSSR count). The number of nitrogens with one attached hydrogen (secondary N) is 3. The van der Waals surface area contributed by atoms with Crippen molar-refractivity contribution in [3.63, 3.8) is 0 Å². The molecule has 3 heterocycles. The lowest BCUT2D eigenvalue weighted by atomic mass is 9.92. The number of amides is 3. The number of hydrogen-bond acceptors (Lipinski definition) is 12. The van der Waals surface area contributed by atoms with E-state index in [1.54, 1.807) is 59.5 Å². The maximum absolute atomic E-state index is 14.2. The number of rotatable bonds is 17. The summed E-state index contributed by atoms with van der Waals surface area (Å²) < 4.78 is 31.3. The Morgan fingerprint density at radius 2 is 1.75 bits per heavy atom. The predicted octanol–water partition coefficient (Wildman–Crippen LogP) is 5.66. The zero-order valence-corrected chi connectivity index (χ0v) is 35.1. The number of imide groups is 1. The molecule has 0 spiro atoms. The van der Waals surface area contributed by atoms with E-state index < -0.39 is 37.0 Å². The van der Waals surface area contributed by atoms with Crippen molar-refractivity contribution in [2.24, 2.45) is 10.7 Å². The maximum Gasteiger partial charge on any atom is 0.459 e. The van der Waals surface area contributed by atoms with Gasteiger partial charge in [0.25, 0.3) is 5.91 Å². The van der Waals surface area contributed by atoms with E-state index in [2.05, 4.69) is 25.7 Å². The van der Waals surface area contributed by atoms with Crippen LogP contribution in [0.25, 0.3) is 6.08 Å². The first-order chi connectivity index (χ1) is 29.4. The van der Waals surface area contributed by atoms with Crippen LogP contribution < -0.4 is 26.0 Å². The zero-order valence-electron chi connectivity index (χ0n) is 34.2. The summed E-state index contributed by atoms with van der Waals surface area (Å²) in [5.41, 5.74) is 10.7. The minimum atomic E-state index is -4.19. The van der Waals surface area contributed by atoms with Crippen LogP contribution in [-0.4, -0.2) is 71.7 Å². The number of ether oxygens (including phenoxy) is 1.